The van der Waals surface area contributed by atoms with Crippen LogP contribution in [0.25, 0.3) is 0 Å². The number of anilines is 1. The van der Waals surface area contributed by atoms with Crippen molar-refractivity contribution < 1.29 is 19.2 Å². The van der Waals surface area contributed by atoms with Gasteiger partial charge in [0.1, 0.15) is 18.0 Å². The number of benzene rings is 2. The van der Waals surface area contributed by atoms with Crippen LogP contribution in [-0.4, -0.2) is 35.8 Å². The van der Waals surface area contributed by atoms with Crippen LogP contribution in [-0.2, 0) is 4.74 Å². The fourth-order valence-corrected chi connectivity index (χ4v) is 2.36. The van der Waals surface area contributed by atoms with Crippen LogP contribution in [0.5, 0.6) is 5.75 Å². The van der Waals surface area contributed by atoms with E-state index in [1.807, 2.05) is 6.92 Å². The molecule has 2 aromatic carbocycles. The molecule has 0 fully saturated rings. The SMILES string of the molecule is CCOCCOc1cccc(C(=O)NC(=S)Nc2ccccc2[N+](=O)[O-])c1. The van der Waals surface area contributed by atoms with Crippen molar-refractivity contribution >= 4 is 34.6 Å². The molecular weight excluding hydrogens is 370 g/mol. The second-order valence-electron chi connectivity index (χ2n) is 5.26. The van der Waals surface area contributed by atoms with Crippen LogP contribution in [0.1, 0.15) is 17.3 Å². The first kappa shape index (κ1) is 20.3. The Hall–Kier alpha value is -3.04. The number of carbonyl (C=O) groups is 1. The first-order valence-electron chi connectivity index (χ1n) is 8.17. The van der Waals surface area contributed by atoms with Gasteiger partial charge in [-0.1, -0.05) is 18.2 Å². The fraction of sp³-hybridized carbons (Fsp3) is 0.222. The Labute approximate surface area is 161 Å². The van der Waals surface area contributed by atoms with Crippen LogP contribution in [0.4, 0.5) is 11.4 Å². The van der Waals surface area contributed by atoms with Crippen molar-refractivity contribution in [2.45, 2.75) is 6.92 Å². The third-order valence-electron chi connectivity index (χ3n) is 3.37. The van der Waals surface area contributed by atoms with E-state index < -0.39 is 10.8 Å². The minimum Gasteiger partial charge on any atom is -0.491 e. The third kappa shape index (κ3) is 6.32. The van der Waals surface area contributed by atoms with Crippen LogP contribution in [0, 0.1) is 10.1 Å². The number of nitro groups is 1. The Bertz CT molecular complexity index is 828. The van der Waals surface area contributed by atoms with Crippen LogP contribution in [0.3, 0.4) is 0 Å². The predicted molar refractivity (Wildman–Crippen MR) is 105 cm³/mol. The fourth-order valence-electron chi connectivity index (χ4n) is 2.16. The van der Waals surface area contributed by atoms with Crippen molar-refractivity contribution in [3.05, 3.63) is 64.2 Å². The minimum atomic E-state index is -0.532. The normalized spacial score (nSPS) is 10.1. The summed E-state index contributed by atoms with van der Waals surface area (Å²) in [6, 6.07) is 12.6. The standard InChI is InChI=1S/C18H19N3O5S/c1-2-25-10-11-26-14-7-5-6-13(12-14)17(22)20-18(27)19-15-8-3-4-9-16(15)21(23)24/h3-9,12H,2,10-11H2,1H3,(H2,19,20,22,27). The van der Waals surface area contributed by atoms with E-state index in [0.717, 1.165) is 0 Å². The number of carbonyl (C=O) groups excluding carboxylic acids is 1. The number of nitrogens with zero attached hydrogens (tertiary/aromatic N) is 1. The average molecular weight is 389 g/mol. The highest BCUT2D eigenvalue weighted by molar-refractivity contribution is 7.80. The van der Waals surface area contributed by atoms with E-state index in [9.17, 15) is 14.9 Å². The number of ether oxygens (including phenoxy) is 2. The molecule has 2 rings (SSSR count). The van der Waals surface area contributed by atoms with E-state index in [-0.39, 0.29) is 16.5 Å². The molecule has 27 heavy (non-hydrogen) atoms. The van der Waals surface area contributed by atoms with Gasteiger partial charge >= 0.3 is 0 Å². The summed E-state index contributed by atoms with van der Waals surface area (Å²) in [6.45, 7) is 3.33. The molecule has 0 atom stereocenters. The Kier molecular flexibility index (Phi) is 7.65. The lowest BCUT2D eigenvalue weighted by atomic mass is 10.2. The maximum Gasteiger partial charge on any atom is 0.292 e. The highest BCUT2D eigenvalue weighted by Crippen LogP contribution is 2.23. The molecule has 0 bridgehead atoms. The van der Waals surface area contributed by atoms with Gasteiger partial charge in [-0.15, -0.1) is 0 Å². The van der Waals surface area contributed by atoms with Gasteiger partial charge in [0.2, 0.25) is 0 Å². The van der Waals surface area contributed by atoms with E-state index in [2.05, 4.69) is 10.6 Å². The van der Waals surface area contributed by atoms with E-state index in [4.69, 9.17) is 21.7 Å². The van der Waals surface area contributed by atoms with Gasteiger partial charge < -0.3 is 14.8 Å². The summed E-state index contributed by atoms with van der Waals surface area (Å²) in [5.41, 5.74) is 0.398. The third-order valence-corrected chi connectivity index (χ3v) is 3.58. The molecular formula is C18H19N3O5S. The molecule has 0 spiro atoms. The first-order valence-corrected chi connectivity index (χ1v) is 8.58. The summed E-state index contributed by atoms with van der Waals surface area (Å²) < 4.78 is 10.7. The molecule has 0 aliphatic heterocycles. The second kappa shape index (κ2) is 10.2. The van der Waals surface area contributed by atoms with Gasteiger partial charge in [0.15, 0.2) is 5.11 Å². The zero-order chi connectivity index (χ0) is 19.6. The van der Waals surface area contributed by atoms with Gasteiger partial charge in [-0.05, 0) is 43.4 Å². The molecule has 0 aliphatic rings. The summed E-state index contributed by atoms with van der Waals surface area (Å²) in [7, 11) is 0. The van der Waals surface area contributed by atoms with Gasteiger partial charge in [-0.3, -0.25) is 20.2 Å². The quantitative estimate of drug-likeness (QED) is 0.309. The van der Waals surface area contributed by atoms with Gasteiger partial charge in [0, 0.05) is 18.2 Å². The number of thiocarbonyl (C=S) groups is 1. The van der Waals surface area contributed by atoms with Gasteiger partial charge in [-0.25, -0.2) is 0 Å². The average Bonchev–Trinajstić information content (AvgIpc) is 2.65. The Morgan fingerprint density at radius 1 is 1.19 bits per heavy atom. The molecule has 0 aromatic heterocycles. The topological polar surface area (TPSA) is 103 Å². The molecule has 8 nitrogen and oxygen atoms in total. The monoisotopic (exact) mass is 389 g/mol. The number of hydrogen-bond donors (Lipinski definition) is 2. The summed E-state index contributed by atoms with van der Waals surface area (Å²) in [6.07, 6.45) is 0. The Balaban J connectivity index is 1.96. The largest absolute Gasteiger partial charge is 0.491 e. The molecule has 0 aliphatic carbocycles. The van der Waals surface area contributed by atoms with Crippen molar-refractivity contribution in [2.75, 3.05) is 25.1 Å². The lowest BCUT2D eigenvalue weighted by molar-refractivity contribution is -0.383. The smallest absolute Gasteiger partial charge is 0.292 e. The van der Waals surface area contributed by atoms with Crippen LogP contribution < -0.4 is 15.4 Å². The van der Waals surface area contributed by atoms with E-state index in [1.165, 1.54) is 12.1 Å². The molecule has 0 saturated carbocycles. The van der Waals surface area contributed by atoms with Crippen molar-refractivity contribution in [2.24, 2.45) is 0 Å². The maximum absolute atomic E-state index is 12.3. The zero-order valence-electron chi connectivity index (χ0n) is 14.6. The molecule has 1 amide bonds. The molecule has 0 radical (unpaired) electrons. The lowest BCUT2D eigenvalue weighted by Crippen LogP contribution is -2.34. The number of para-hydroxylation sites is 2. The van der Waals surface area contributed by atoms with Crippen molar-refractivity contribution in [3.8, 4) is 5.75 Å². The Morgan fingerprint density at radius 2 is 1.96 bits per heavy atom. The number of amides is 1. The molecule has 2 aromatic rings. The molecule has 9 heteroatoms. The Morgan fingerprint density at radius 3 is 2.70 bits per heavy atom. The predicted octanol–water partition coefficient (Wildman–Crippen LogP) is 3.14. The lowest BCUT2D eigenvalue weighted by Gasteiger charge is -2.11. The van der Waals surface area contributed by atoms with Gasteiger partial charge in [-0.2, -0.15) is 0 Å². The summed E-state index contributed by atoms with van der Waals surface area (Å²) >= 11 is 5.08. The van der Waals surface area contributed by atoms with Crippen molar-refractivity contribution in [3.63, 3.8) is 0 Å². The summed E-state index contributed by atoms with van der Waals surface area (Å²) in [5, 5.41) is 16.1. The van der Waals surface area contributed by atoms with Crippen LogP contribution >= 0.6 is 12.2 Å². The number of hydrogen-bond acceptors (Lipinski definition) is 6. The number of nitrogens with one attached hydrogen (secondary N) is 2. The number of nitro benzene ring substituents is 1. The van der Waals surface area contributed by atoms with Crippen LogP contribution in [0.2, 0.25) is 0 Å². The van der Waals surface area contributed by atoms with E-state index in [0.29, 0.717) is 31.1 Å². The van der Waals surface area contributed by atoms with E-state index >= 15 is 0 Å². The molecule has 2 N–H and O–H groups in total. The molecule has 142 valence electrons. The summed E-state index contributed by atoms with van der Waals surface area (Å²) in [5.74, 6) is 0.0706. The van der Waals surface area contributed by atoms with Crippen molar-refractivity contribution in [1.29, 1.82) is 0 Å². The van der Waals surface area contributed by atoms with Gasteiger partial charge in [0.05, 0.1) is 11.5 Å². The highest BCUT2D eigenvalue weighted by atomic mass is 32.1. The summed E-state index contributed by atoms with van der Waals surface area (Å²) in [4.78, 5) is 22.8. The molecule has 0 heterocycles. The first-order chi connectivity index (χ1) is 13.0. The van der Waals surface area contributed by atoms with Crippen LogP contribution in [0.15, 0.2) is 48.5 Å². The van der Waals surface area contributed by atoms with Gasteiger partial charge in [0.25, 0.3) is 11.6 Å². The second-order valence-corrected chi connectivity index (χ2v) is 5.66. The zero-order valence-corrected chi connectivity index (χ0v) is 15.5. The number of rotatable bonds is 8. The minimum absolute atomic E-state index is 0.0445. The maximum atomic E-state index is 12.3. The van der Waals surface area contributed by atoms with E-state index in [1.54, 1.807) is 36.4 Å². The highest BCUT2D eigenvalue weighted by Gasteiger charge is 2.15. The van der Waals surface area contributed by atoms with Crippen molar-refractivity contribution in [1.82, 2.24) is 5.32 Å². The molecule has 0 saturated heterocycles. The molecule has 0 unspecified atom stereocenters.